The summed E-state index contributed by atoms with van der Waals surface area (Å²) < 4.78 is 0. The zero-order valence-electron chi connectivity index (χ0n) is 23.7. The fraction of sp³-hybridized carbons (Fsp3) is 0.333. The van der Waals surface area contributed by atoms with Crippen molar-refractivity contribution in [3.8, 4) is 0 Å². The van der Waals surface area contributed by atoms with E-state index in [-0.39, 0.29) is 10.8 Å². The van der Waals surface area contributed by atoms with Crippen molar-refractivity contribution in [2.75, 3.05) is 11.6 Å². The Labute approximate surface area is 234 Å². The molecule has 1 atom stereocenters. The van der Waals surface area contributed by atoms with Gasteiger partial charge in [0.25, 0.3) is 0 Å². The van der Waals surface area contributed by atoms with E-state index in [1.54, 1.807) is 0 Å². The Hall–Kier alpha value is -2.81. The van der Waals surface area contributed by atoms with Crippen LogP contribution in [0.15, 0.2) is 97.1 Å². The number of hydrogen-bond acceptors (Lipinski definition) is 2. The van der Waals surface area contributed by atoms with Crippen molar-refractivity contribution in [1.29, 1.82) is 0 Å². The number of benzene rings is 4. The molecule has 0 aromatic heterocycles. The second-order valence-corrected chi connectivity index (χ2v) is 13.1. The summed E-state index contributed by atoms with van der Waals surface area (Å²) >= 11 is 2.00. The van der Waals surface area contributed by atoms with Crippen molar-refractivity contribution < 1.29 is 0 Å². The summed E-state index contributed by atoms with van der Waals surface area (Å²) in [4.78, 5) is 0. The third-order valence-corrected chi connectivity index (χ3v) is 9.64. The Bertz CT molecular complexity index is 1240. The van der Waals surface area contributed by atoms with E-state index in [0.29, 0.717) is 12.0 Å². The van der Waals surface area contributed by atoms with E-state index >= 15 is 0 Å². The lowest BCUT2D eigenvalue weighted by atomic mass is 9.76. The molecule has 2 heteroatoms. The topological polar surface area (TPSA) is 12.0 Å². The summed E-state index contributed by atoms with van der Waals surface area (Å²) in [5.74, 6) is 2.49. The van der Waals surface area contributed by atoms with Crippen LogP contribution in [0.5, 0.6) is 0 Å². The Kier molecular flexibility index (Phi) is 7.58. The second kappa shape index (κ2) is 10.8. The van der Waals surface area contributed by atoms with Gasteiger partial charge in [-0.05, 0) is 47.2 Å². The van der Waals surface area contributed by atoms with Gasteiger partial charge in [0.15, 0.2) is 0 Å². The third-order valence-electron chi connectivity index (χ3n) is 8.68. The molecule has 0 radical (unpaired) electrons. The lowest BCUT2D eigenvalue weighted by molar-refractivity contribution is 0.563. The SMILES string of the molecule is Cc1ccc(C(C)(C)c2ccc(C(c3ccc(C(C)(C)c4ccc(C)cc4)cc3)[C@@H]3CSCN3)cc2)cc1. The molecule has 1 aliphatic heterocycles. The van der Waals surface area contributed by atoms with Crippen molar-refractivity contribution in [1.82, 2.24) is 5.32 Å². The van der Waals surface area contributed by atoms with Crippen LogP contribution in [0.3, 0.4) is 0 Å². The van der Waals surface area contributed by atoms with Crippen molar-refractivity contribution in [3.05, 3.63) is 142 Å². The standard InChI is InChI=1S/C36H41NS/c1-25-7-15-29(16-8-25)35(3,4)31-19-11-27(12-20-31)34(33-23-38-24-37-33)28-13-21-32(22-14-28)36(5,6)30-17-9-26(2)10-18-30/h7-22,33-34,37H,23-24H2,1-6H3/t33-/m0/s1. The zero-order chi connectivity index (χ0) is 26.9. The van der Waals surface area contributed by atoms with E-state index < -0.39 is 0 Å². The molecule has 0 unspecified atom stereocenters. The Morgan fingerprint density at radius 3 is 1.24 bits per heavy atom. The molecular weight excluding hydrogens is 478 g/mol. The van der Waals surface area contributed by atoms with E-state index in [0.717, 1.165) is 11.6 Å². The maximum absolute atomic E-state index is 3.77. The molecule has 1 heterocycles. The van der Waals surface area contributed by atoms with Crippen LogP contribution < -0.4 is 5.32 Å². The summed E-state index contributed by atoms with van der Waals surface area (Å²) in [5.41, 5.74) is 10.7. The molecule has 1 nitrogen and oxygen atoms in total. The maximum atomic E-state index is 3.77. The summed E-state index contributed by atoms with van der Waals surface area (Å²) in [6, 6.07) is 37.2. The van der Waals surface area contributed by atoms with Crippen molar-refractivity contribution in [2.24, 2.45) is 0 Å². The molecule has 5 rings (SSSR count). The molecule has 0 amide bonds. The van der Waals surface area contributed by atoms with Gasteiger partial charge in [-0.1, -0.05) is 136 Å². The minimum absolute atomic E-state index is 0.0353. The molecule has 1 saturated heterocycles. The molecule has 1 N–H and O–H groups in total. The highest BCUT2D eigenvalue weighted by Gasteiger charge is 2.30. The molecule has 4 aromatic carbocycles. The van der Waals surface area contributed by atoms with Crippen LogP contribution in [0, 0.1) is 13.8 Å². The van der Waals surface area contributed by atoms with Gasteiger partial charge in [0, 0.05) is 34.4 Å². The maximum Gasteiger partial charge on any atom is 0.0421 e. The molecule has 196 valence electrons. The molecular formula is C36H41NS. The number of rotatable bonds is 7. The van der Waals surface area contributed by atoms with E-state index in [1.165, 1.54) is 44.5 Å². The monoisotopic (exact) mass is 519 g/mol. The van der Waals surface area contributed by atoms with Crippen LogP contribution in [0.2, 0.25) is 0 Å². The average Bonchev–Trinajstić information content (AvgIpc) is 3.44. The minimum Gasteiger partial charge on any atom is -0.303 e. The Morgan fingerprint density at radius 1 is 0.579 bits per heavy atom. The van der Waals surface area contributed by atoms with Crippen LogP contribution in [0.1, 0.15) is 78.1 Å². The first-order chi connectivity index (χ1) is 18.2. The smallest absolute Gasteiger partial charge is 0.0421 e. The van der Waals surface area contributed by atoms with E-state index in [9.17, 15) is 0 Å². The summed E-state index contributed by atoms with van der Waals surface area (Å²) in [5, 5.41) is 3.77. The lowest BCUT2D eigenvalue weighted by Gasteiger charge is -2.29. The first-order valence-electron chi connectivity index (χ1n) is 13.8. The number of hydrogen-bond donors (Lipinski definition) is 1. The zero-order valence-corrected chi connectivity index (χ0v) is 24.5. The lowest BCUT2D eigenvalue weighted by Crippen LogP contribution is -2.32. The predicted octanol–water partition coefficient (Wildman–Crippen LogP) is 8.75. The molecule has 0 spiro atoms. The quantitative estimate of drug-likeness (QED) is 0.262. The van der Waals surface area contributed by atoms with Gasteiger partial charge in [-0.3, -0.25) is 0 Å². The average molecular weight is 520 g/mol. The normalized spacial score (nSPS) is 16.2. The van der Waals surface area contributed by atoms with Gasteiger partial charge in [0.05, 0.1) is 0 Å². The van der Waals surface area contributed by atoms with Crippen LogP contribution >= 0.6 is 11.8 Å². The second-order valence-electron chi connectivity index (χ2n) is 12.0. The van der Waals surface area contributed by atoms with Gasteiger partial charge >= 0.3 is 0 Å². The van der Waals surface area contributed by atoms with E-state index in [4.69, 9.17) is 0 Å². The molecule has 1 fully saturated rings. The molecule has 0 saturated carbocycles. The van der Waals surface area contributed by atoms with Crippen molar-refractivity contribution >= 4 is 11.8 Å². The van der Waals surface area contributed by atoms with Crippen LogP contribution in [0.4, 0.5) is 0 Å². The number of thioether (sulfide) groups is 1. The van der Waals surface area contributed by atoms with Crippen LogP contribution in [-0.4, -0.2) is 17.7 Å². The highest BCUT2D eigenvalue weighted by Crippen LogP contribution is 2.38. The fourth-order valence-electron chi connectivity index (χ4n) is 5.77. The number of nitrogens with one attached hydrogen (secondary N) is 1. The first kappa shape index (κ1) is 26.8. The van der Waals surface area contributed by atoms with Gasteiger partial charge in [-0.25, -0.2) is 0 Å². The highest BCUT2D eigenvalue weighted by molar-refractivity contribution is 7.99. The van der Waals surface area contributed by atoms with Gasteiger partial charge < -0.3 is 5.32 Å². The molecule has 0 bridgehead atoms. The molecule has 1 aliphatic rings. The van der Waals surface area contributed by atoms with Crippen LogP contribution in [-0.2, 0) is 10.8 Å². The Morgan fingerprint density at radius 2 is 0.921 bits per heavy atom. The van der Waals surface area contributed by atoms with E-state index in [2.05, 4.69) is 144 Å². The fourth-order valence-corrected chi connectivity index (χ4v) is 6.78. The summed E-state index contributed by atoms with van der Waals surface area (Å²) in [6.07, 6.45) is 0. The van der Waals surface area contributed by atoms with Gasteiger partial charge in [0.2, 0.25) is 0 Å². The minimum atomic E-state index is -0.0353. The number of aryl methyl sites for hydroxylation is 2. The third kappa shape index (κ3) is 5.35. The van der Waals surface area contributed by atoms with Gasteiger partial charge in [-0.2, -0.15) is 0 Å². The Balaban J connectivity index is 1.44. The molecule has 38 heavy (non-hydrogen) atoms. The van der Waals surface area contributed by atoms with Gasteiger partial charge in [0.1, 0.15) is 0 Å². The first-order valence-corrected chi connectivity index (χ1v) is 15.0. The summed E-state index contributed by atoms with van der Waals surface area (Å²) in [6.45, 7) is 13.6. The van der Waals surface area contributed by atoms with Gasteiger partial charge in [-0.15, -0.1) is 11.8 Å². The van der Waals surface area contributed by atoms with Crippen LogP contribution in [0.25, 0.3) is 0 Å². The largest absolute Gasteiger partial charge is 0.303 e. The van der Waals surface area contributed by atoms with Crippen molar-refractivity contribution in [3.63, 3.8) is 0 Å². The molecule has 4 aromatic rings. The van der Waals surface area contributed by atoms with Crippen molar-refractivity contribution in [2.45, 2.75) is 64.3 Å². The highest BCUT2D eigenvalue weighted by atomic mass is 32.2. The summed E-state index contributed by atoms with van der Waals surface area (Å²) in [7, 11) is 0. The predicted molar refractivity (Wildman–Crippen MR) is 166 cm³/mol. The van der Waals surface area contributed by atoms with E-state index in [1.807, 2.05) is 11.8 Å². The molecule has 0 aliphatic carbocycles.